The van der Waals surface area contributed by atoms with Crippen molar-refractivity contribution in [2.45, 2.75) is 31.7 Å². The van der Waals surface area contributed by atoms with E-state index in [-0.39, 0.29) is 11.4 Å². The number of carbonyl (C=O) groups is 1. The number of ether oxygens (including phenoxy) is 2. The van der Waals surface area contributed by atoms with Gasteiger partial charge in [0.2, 0.25) is 0 Å². The van der Waals surface area contributed by atoms with Crippen LogP contribution >= 0.6 is 0 Å². The molecule has 1 fully saturated rings. The number of nitrogens with one attached hydrogen (secondary N) is 1. The second-order valence-corrected chi connectivity index (χ2v) is 6.07. The Bertz CT molecular complexity index is 485. The van der Waals surface area contributed by atoms with Gasteiger partial charge in [0.25, 0.3) is 5.91 Å². The zero-order valence-electron chi connectivity index (χ0n) is 13.4. The number of rotatable bonds is 9. The smallest absolute Gasteiger partial charge is 0.251 e. The third-order valence-corrected chi connectivity index (χ3v) is 4.18. The first-order valence-electron chi connectivity index (χ1n) is 7.83. The summed E-state index contributed by atoms with van der Waals surface area (Å²) in [4.78, 5) is 12.3. The van der Waals surface area contributed by atoms with Crippen molar-refractivity contribution in [2.75, 3.05) is 26.9 Å². The van der Waals surface area contributed by atoms with Crippen LogP contribution < -0.4 is 15.8 Å². The highest BCUT2D eigenvalue weighted by molar-refractivity contribution is 5.94. The molecule has 2 rings (SSSR count). The van der Waals surface area contributed by atoms with E-state index < -0.39 is 0 Å². The summed E-state index contributed by atoms with van der Waals surface area (Å²) in [7, 11) is 1.67. The SMILES string of the molecule is COCCCOc1ccc(C(=O)NC(C)(CN)C2CC2)cc1. The fraction of sp³-hybridized carbons (Fsp3) is 0.588. The first-order valence-corrected chi connectivity index (χ1v) is 7.83. The van der Waals surface area contributed by atoms with Crippen LogP contribution in [0.15, 0.2) is 24.3 Å². The van der Waals surface area contributed by atoms with Crippen LogP contribution in [0.25, 0.3) is 0 Å². The van der Waals surface area contributed by atoms with Crippen LogP contribution in [0.3, 0.4) is 0 Å². The van der Waals surface area contributed by atoms with Gasteiger partial charge in [0.05, 0.1) is 12.1 Å². The van der Waals surface area contributed by atoms with E-state index in [1.54, 1.807) is 19.2 Å². The van der Waals surface area contributed by atoms with Crippen molar-refractivity contribution in [1.29, 1.82) is 0 Å². The Morgan fingerprint density at radius 3 is 2.55 bits per heavy atom. The third kappa shape index (κ3) is 4.45. The molecule has 0 spiro atoms. The second-order valence-electron chi connectivity index (χ2n) is 6.07. The molecule has 0 aliphatic heterocycles. The van der Waals surface area contributed by atoms with Crippen molar-refractivity contribution in [3.8, 4) is 5.75 Å². The molecule has 122 valence electrons. The van der Waals surface area contributed by atoms with Crippen LogP contribution in [0.4, 0.5) is 0 Å². The number of hydrogen-bond acceptors (Lipinski definition) is 4. The molecule has 5 nitrogen and oxygen atoms in total. The normalized spacial score (nSPS) is 16.9. The maximum atomic E-state index is 12.3. The Kier molecular flexibility index (Phi) is 5.80. The van der Waals surface area contributed by atoms with Crippen LogP contribution in [0, 0.1) is 5.92 Å². The lowest BCUT2D eigenvalue weighted by atomic mass is 9.95. The molecular weight excluding hydrogens is 280 g/mol. The van der Waals surface area contributed by atoms with Crippen LogP contribution in [0.1, 0.15) is 36.5 Å². The van der Waals surface area contributed by atoms with Crippen molar-refractivity contribution in [2.24, 2.45) is 11.7 Å². The van der Waals surface area contributed by atoms with E-state index in [9.17, 15) is 4.79 Å². The summed E-state index contributed by atoms with van der Waals surface area (Å²) in [6.07, 6.45) is 3.12. The molecule has 1 amide bonds. The molecular formula is C17H26N2O3. The maximum Gasteiger partial charge on any atom is 0.251 e. The molecule has 0 saturated heterocycles. The van der Waals surface area contributed by atoms with Gasteiger partial charge in [0, 0.05) is 32.2 Å². The summed E-state index contributed by atoms with van der Waals surface area (Å²) in [6, 6.07) is 7.20. The van der Waals surface area contributed by atoms with Gasteiger partial charge in [-0.2, -0.15) is 0 Å². The second kappa shape index (κ2) is 7.61. The van der Waals surface area contributed by atoms with Crippen molar-refractivity contribution < 1.29 is 14.3 Å². The lowest BCUT2D eigenvalue weighted by Gasteiger charge is -2.29. The van der Waals surface area contributed by atoms with Gasteiger partial charge >= 0.3 is 0 Å². The number of hydrogen-bond donors (Lipinski definition) is 2. The molecule has 1 aromatic carbocycles. The molecule has 0 heterocycles. The van der Waals surface area contributed by atoms with E-state index in [4.69, 9.17) is 15.2 Å². The number of carbonyl (C=O) groups excluding carboxylic acids is 1. The summed E-state index contributed by atoms with van der Waals surface area (Å²) >= 11 is 0. The van der Waals surface area contributed by atoms with Gasteiger partial charge in [-0.3, -0.25) is 4.79 Å². The van der Waals surface area contributed by atoms with E-state index in [0.717, 1.165) is 25.0 Å². The van der Waals surface area contributed by atoms with Crippen molar-refractivity contribution in [3.05, 3.63) is 29.8 Å². The molecule has 1 atom stereocenters. The van der Waals surface area contributed by atoms with Gasteiger partial charge in [-0.05, 0) is 49.9 Å². The van der Waals surface area contributed by atoms with E-state index >= 15 is 0 Å². The maximum absolute atomic E-state index is 12.3. The fourth-order valence-corrected chi connectivity index (χ4v) is 2.47. The molecule has 1 aliphatic carbocycles. The number of methoxy groups -OCH3 is 1. The molecule has 3 N–H and O–H groups in total. The van der Waals surface area contributed by atoms with E-state index in [1.165, 1.54) is 0 Å². The highest BCUT2D eigenvalue weighted by Gasteiger charge is 2.41. The molecule has 1 aromatic rings. The zero-order valence-corrected chi connectivity index (χ0v) is 13.4. The van der Waals surface area contributed by atoms with Gasteiger partial charge < -0.3 is 20.5 Å². The first-order chi connectivity index (χ1) is 10.6. The van der Waals surface area contributed by atoms with Gasteiger partial charge in [0.15, 0.2) is 0 Å². The average Bonchev–Trinajstić information content (AvgIpc) is 3.37. The van der Waals surface area contributed by atoms with E-state index in [1.807, 2.05) is 19.1 Å². The Morgan fingerprint density at radius 1 is 1.32 bits per heavy atom. The summed E-state index contributed by atoms with van der Waals surface area (Å²) < 4.78 is 10.5. The topological polar surface area (TPSA) is 73.6 Å². The standard InChI is InChI=1S/C17H26N2O3/c1-17(12-18,14-6-7-14)19-16(20)13-4-8-15(9-5-13)22-11-3-10-21-2/h4-5,8-9,14H,3,6-7,10-12,18H2,1-2H3,(H,19,20). The van der Waals surface area contributed by atoms with E-state index in [0.29, 0.717) is 31.2 Å². The monoisotopic (exact) mass is 306 g/mol. The van der Waals surface area contributed by atoms with Crippen molar-refractivity contribution >= 4 is 5.91 Å². The minimum Gasteiger partial charge on any atom is -0.494 e. The molecule has 1 unspecified atom stereocenters. The van der Waals surface area contributed by atoms with Gasteiger partial charge in [-0.1, -0.05) is 0 Å². The van der Waals surface area contributed by atoms with Gasteiger partial charge in [-0.25, -0.2) is 0 Å². The Labute approximate surface area is 132 Å². The zero-order chi connectivity index (χ0) is 16.0. The minimum absolute atomic E-state index is 0.0780. The van der Waals surface area contributed by atoms with Gasteiger partial charge in [0.1, 0.15) is 5.75 Å². The number of amides is 1. The Balaban J connectivity index is 1.88. The third-order valence-electron chi connectivity index (χ3n) is 4.18. The molecule has 0 radical (unpaired) electrons. The van der Waals surface area contributed by atoms with Crippen LogP contribution in [-0.2, 0) is 4.74 Å². The molecule has 1 aliphatic rings. The first kappa shape index (κ1) is 16.8. The predicted octanol–water partition coefficient (Wildman–Crippen LogP) is 1.96. The average molecular weight is 306 g/mol. The molecule has 5 heteroatoms. The fourth-order valence-electron chi connectivity index (χ4n) is 2.47. The van der Waals surface area contributed by atoms with Crippen LogP contribution in [0.5, 0.6) is 5.75 Å². The Morgan fingerprint density at radius 2 is 2.00 bits per heavy atom. The van der Waals surface area contributed by atoms with E-state index in [2.05, 4.69) is 5.32 Å². The largest absolute Gasteiger partial charge is 0.494 e. The predicted molar refractivity (Wildman–Crippen MR) is 86.1 cm³/mol. The van der Waals surface area contributed by atoms with Crippen LogP contribution in [-0.4, -0.2) is 38.3 Å². The summed E-state index contributed by atoms with van der Waals surface area (Å²) in [5.41, 5.74) is 6.16. The highest BCUT2D eigenvalue weighted by atomic mass is 16.5. The quantitative estimate of drug-likeness (QED) is 0.684. The molecule has 22 heavy (non-hydrogen) atoms. The molecule has 1 saturated carbocycles. The lowest BCUT2D eigenvalue weighted by Crippen LogP contribution is -2.53. The molecule has 0 bridgehead atoms. The van der Waals surface area contributed by atoms with Crippen molar-refractivity contribution in [3.63, 3.8) is 0 Å². The number of nitrogens with two attached hydrogens (primary N) is 1. The molecule has 0 aromatic heterocycles. The van der Waals surface area contributed by atoms with Crippen molar-refractivity contribution in [1.82, 2.24) is 5.32 Å². The van der Waals surface area contributed by atoms with Gasteiger partial charge in [-0.15, -0.1) is 0 Å². The summed E-state index contributed by atoms with van der Waals surface area (Å²) in [6.45, 7) is 3.77. The minimum atomic E-state index is -0.299. The summed E-state index contributed by atoms with van der Waals surface area (Å²) in [5.74, 6) is 1.19. The van der Waals surface area contributed by atoms with Crippen LogP contribution in [0.2, 0.25) is 0 Å². The highest BCUT2D eigenvalue weighted by Crippen LogP contribution is 2.39. The Hall–Kier alpha value is -1.59. The number of benzene rings is 1. The lowest BCUT2D eigenvalue weighted by molar-refractivity contribution is 0.0898. The summed E-state index contributed by atoms with van der Waals surface area (Å²) in [5, 5.41) is 3.08.